The van der Waals surface area contributed by atoms with Crippen molar-refractivity contribution in [2.45, 2.75) is 12.8 Å². The lowest BCUT2D eigenvalue weighted by Crippen LogP contribution is -1.93. The predicted octanol–water partition coefficient (Wildman–Crippen LogP) is 1.13. The first-order valence-corrected chi connectivity index (χ1v) is 3.08. The second-order valence-corrected chi connectivity index (χ2v) is 2.22. The highest BCUT2D eigenvalue weighted by molar-refractivity contribution is 5.93. The van der Waals surface area contributed by atoms with Crippen molar-refractivity contribution in [3.05, 3.63) is 12.3 Å². The summed E-state index contributed by atoms with van der Waals surface area (Å²) in [6.45, 7) is 0. The van der Waals surface area contributed by atoms with E-state index >= 15 is 0 Å². The van der Waals surface area contributed by atoms with Gasteiger partial charge >= 0.3 is 0 Å². The fourth-order valence-electron chi connectivity index (χ4n) is 0.639. The molecule has 2 nitrogen and oxygen atoms in total. The monoisotopic (exact) mass is 126 g/mol. The van der Waals surface area contributed by atoms with Crippen LogP contribution in [0.25, 0.3) is 0 Å². The molecule has 1 fully saturated rings. The van der Waals surface area contributed by atoms with Gasteiger partial charge in [-0.15, -0.1) is 0 Å². The summed E-state index contributed by atoms with van der Waals surface area (Å²) in [6, 6.07) is 0. The molecule has 0 aromatic heterocycles. The number of ether oxygens (including phenoxy) is 1. The summed E-state index contributed by atoms with van der Waals surface area (Å²) in [5.74, 6) is 0.522. The van der Waals surface area contributed by atoms with Gasteiger partial charge in [0.15, 0.2) is 5.78 Å². The van der Waals surface area contributed by atoms with E-state index in [0.29, 0.717) is 5.92 Å². The largest absolute Gasteiger partial charge is 0.504 e. The van der Waals surface area contributed by atoms with Crippen molar-refractivity contribution in [2.24, 2.45) is 5.92 Å². The highest BCUT2D eigenvalue weighted by Crippen LogP contribution is 2.29. The summed E-state index contributed by atoms with van der Waals surface area (Å²) in [7, 11) is 1.54. The Hall–Kier alpha value is -0.790. The maximum atomic E-state index is 10.8. The average Bonchev–Trinajstić information content (AvgIpc) is 2.63. The molecule has 0 unspecified atom stereocenters. The van der Waals surface area contributed by atoms with Gasteiger partial charge in [0.1, 0.15) is 0 Å². The van der Waals surface area contributed by atoms with Crippen molar-refractivity contribution >= 4 is 5.78 Å². The molecule has 2 heteroatoms. The Morgan fingerprint density at radius 2 is 2.33 bits per heavy atom. The SMILES string of the molecule is CO/C=C/C(=O)C1CC1. The van der Waals surface area contributed by atoms with Gasteiger partial charge in [0.05, 0.1) is 13.4 Å². The lowest BCUT2D eigenvalue weighted by molar-refractivity contribution is -0.115. The minimum Gasteiger partial charge on any atom is -0.504 e. The maximum Gasteiger partial charge on any atom is 0.161 e. The molecule has 0 aromatic carbocycles. The van der Waals surface area contributed by atoms with E-state index in [-0.39, 0.29) is 5.78 Å². The van der Waals surface area contributed by atoms with Crippen molar-refractivity contribution in [1.29, 1.82) is 0 Å². The molecule has 0 aromatic rings. The van der Waals surface area contributed by atoms with Gasteiger partial charge in [0.2, 0.25) is 0 Å². The molecule has 0 N–H and O–H groups in total. The Morgan fingerprint density at radius 1 is 1.67 bits per heavy atom. The van der Waals surface area contributed by atoms with Crippen LogP contribution in [0.1, 0.15) is 12.8 Å². The molecule has 50 valence electrons. The zero-order chi connectivity index (χ0) is 6.69. The third-order valence-corrected chi connectivity index (χ3v) is 1.35. The van der Waals surface area contributed by atoms with Crippen molar-refractivity contribution in [1.82, 2.24) is 0 Å². The van der Waals surface area contributed by atoms with Gasteiger partial charge < -0.3 is 4.74 Å². The lowest BCUT2D eigenvalue weighted by atomic mass is 10.3. The lowest BCUT2D eigenvalue weighted by Gasteiger charge is -1.85. The number of hydrogen-bond acceptors (Lipinski definition) is 2. The number of hydrogen-bond donors (Lipinski definition) is 0. The van der Waals surface area contributed by atoms with Crippen LogP contribution in [0, 0.1) is 5.92 Å². The number of ketones is 1. The normalized spacial score (nSPS) is 18.3. The molecule has 0 atom stereocenters. The van der Waals surface area contributed by atoms with Crippen molar-refractivity contribution in [2.75, 3.05) is 7.11 Å². The molecule has 0 heterocycles. The van der Waals surface area contributed by atoms with Crippen molar-refractivity contribution in [3.63, 3.8) is 0 Å². The first-order chi connectivity index (χ1) is 4.34. The van der Waals surface area contributed by atoms with Gasteiger partial charge in [-0.25, -0.2) is 0 Å². The number of carbonyl (C=O) groups is 1. The van der Waals surface area contributed by atoms with E-state index in [1.54, 1.807) is 0 Å². The van der Waals surface area contributed by atoms with E-state index in [9.17, 15) is 4.79 Å². The van der Waals surface area contributed by atoms with Gasteiger partial charge in [-0.2, -0.15) is 0 Å². The molecule has 9 heavy (non-hydrogen) atoms. The third-order valence-electron chi connectivity index (χ3n) is 1.35. The van der Waals surface area contributed by atoms with Crippen LogP contribution in [0.4, 0.5) is 0 Å². The summed E-state index contributed by atoms with van der Waals surface area (Å²) in [5.41, 5.74) is 0. The van der Waals surface area contributed by atoms with E-state index in [2.05, 4.69) is 4.74 Å². The van der Waals surface area contributed by atoms with Crippen LogP contribution in [0.5, 0.6) is 0 Å². The Bertz CT molecular complexity index is 134. The fraction of sp³-hybridized carbons (Fsp3) is 0.571. The number of methoxy groups -OCH3 is 1. The second kappa shape index (κ2) is 2.67. The maximum absolute atomic E-state index is 10.8. The minimum absolute atomic E-state index is 0.205. The van der Waals surface area contributed by atoms with E-state index in [0.717, 1.165) is 12.8 Å². The van der Waals surface area contributed by atoms with E-state index < -0.39 is 0 Å². The molecule has 0 amide bonds. The number of rotatable bonds is 3. The highest BCUT2D eigenvalue weighted by atomic mass is 16.5. The van der Waals surface area contributed by atoms with Crippen molar-refractivity contribution in [3.8, 4) is 0 Å². The molecule has 0 saturated heterocycles. The summed E-state index contributed by atoms with van der Waals surface area (Å²) < 4.78 is 4.59. The molecule has 0 spiro atoms. The van der Waals surface area contributed by atoms with Gasteiger partial charge in [0, 0.05) is 12.0 Å². The van der Waals surface area contributed by atoms with Gasteiger partial charge in [-0.3, -0.25) is 4.79 Å². The van der Waals surface area contributed by atoms with Crippen LogP contribution in [0.15, 0.2) is 12.3 Å². The topological polar surface area (TPSA) is 26.3 Å². The van der Waals surface area contributed by atoms with Gasteiger partial charge in [0.25, 0.3) is 0 Å². The summed E-state index contributed by atoms with van der Waals surface area (Å²) >= 11 is 0. The summed E-state index contributed by atoms with van der Waals surface area (Å²) in [6.07, 6.45) is 5.05. The number of carbonyl (C=O) groups excluding carboxylic acids is 1. The van der Waals surface area contributed by atoms with Crippen LogP contribution in [0.3, 0.4) is 0 Å². The third kappa shape index (κ3) is 1.88. The molecular formula is C7H10O2. The standard InChI is InChI=1S/C7H10O2/c1-9-5-4-7(8)6-2-3-6/h4-6H,2-3H2,1H3/b5-4+. The summed E-state index contributed by atoms with van der Waals surface area (Å²) in [4.78, 5) is 10.8. The van der Waals surface area contributed by atoms with Crippen LogP contribution < -0.4 is 0 Å². The molecule has 1 aliphatic rings. The Balaban J connectivity index is 2.25. The average molecular weight is 126 g/mol. The van der Waals surface area contributed by atoms with Gasteiger partial charge in [-0.1, -0.05) is 0 Å². The van der Waals surface area contributed by atoms with Crippen LogP contribution >= 0.6 is 0 Å². The molecule has 1 saturated carbocycles. The second-order valence-electron chi connectivity index (χ2n) is 2.22. The predicted molar refractivity (Wildman–Crippen MR) is 33.9 cm³/mol. The van der Waals surface area contributed by atoms with Crippen LogP contribution in [-0.4, -0.2) is 12.9 Å². The first kappa shape index (κ1) is 6.33. The number of allylic oxidation sites excluding steroid dienone is 1. The highest BCUT2D eigenvalue weighted by Gasteiger charge is 2.27. The zero-order valence-electron chi connectivity index (χ0n) is 5.46. The smallest absolute Gasteiger partial charge is 0.161 e. The Labute approximate surface area is 54.5 Å². The van der Waals surface area contributed by atoms with Crippen LogP contribution in [0.2, 0.25) is 0 Å². The van der Waals surface area contributed by atoms with Crippen LogP contribution in [-0.2, 0) is 9.53 Å². The zero-order valence-corrected chi connectivity index (χ0v) is 5.46. The quantitative estimate of drug-likeness (QED) is 0.418. The van der Waals surface area contributed by atoms with E-state index in [1.807, 2.05) is 0 Å². The fourth-order valence-corrected chi connectivity index (χ4v) is 0.639. The van der Waals surface area contributed by atoms with E-state index in [4.69, 9.17) is 0 Å². The Kier molecular flexibility index (Phi) is 1.88. The molecule has 1 aliphatic carbocycles. The molecule has 1 rings (SSSR count). The minimum atomic E-state index is 0.205. The van der Waals surface area contributed by atoms with E-state index in [1.165, 1.54) is 19.4 Å². The molecule has 0 radical (unpaired) electrons. The molecule has 0 bridgehead atoms. The Morgan fingerprint density at radius 3 is 2.78 bits per heavy atom. The van der Waals surface area contributed by atoms with Gasteiger partial charge in [-0.05, 0) is 12.8 Å². The molecular weight excluding hydrogens is 116 g/mol. The first-order valence-electron chi connectivity index (χ1n) is 3.08. The van der Waals surface area contributed by atoms with Crippen molar-refractivity contribution < 1.29 is 9.53 Å². The summed E-state index contributed by atoms with van der Waals surface area (Å²) in [5, 5.41) is 0. The molecule has 0 aliphatic heterocycles.